The molecule has 0 radical (unpaired) electrons. The molecule has 1 aromatic heterocycles. The number of hydrogen-bond acceptors (Lipinski definition) is 5. The maximum atomic E-state index is 11.3. The first-order valence-corrected chi connectivity index (χ1v) is 10.2. The highest BCUT2D eigenvalue weighted by Crippen LogP contribution is 2.51. The van der Waals surface area contributed by atoms with Crippen LogP contribution in [0.3, 0.4) is 0 Å². The zero-order valence-corrected chi connectivity index (χ0v) is 17.9. The van der Waals surface area contributed by atoms with Gasteiger partial charge in [-0.3, -0.25) is 0 Å². The number of nitrogens with zero attached hydrogens (tertiary/aromatic N) is 2. The molecule has 0 aliphatic carbocycles. The van der Waals surface area contributed by atoms with Crippen molar-refractivity contribution in [2.75, 3.05) is 18.0 Å². The molecule has 2 aliphatic rings. The van der Waals surface area contributed by atoms with Crippen molar-refractivity contribution in [1.29, 1.82) is 5.26 Å². The lowest BCUT2D eigenvalue weighted by Crippen LogP contribution is -2.44. The fourth-order valence-electron chi connectivity index (χ4n) is 4.57. The lowest BCUT2D eigenvalue weighted by atomic mass is 9.69. The summed E-state index contributed by atoms with van der Waals surface area (Å²) in [6.45, 7) is 11.1. The van der Waals surface area contributed by atoms with Crippen LogP contribution in [0.4, 0.5) is 5.69 Å². The van der Waals surface area contributed by atoms with Crippen molar-refractivity contribution in [3.05, 3.63) is 39.1 Å². The minimum absolute atomic E-state index is 0.0315. The highest BCUT2D eigenvalue weighted by Gasteiger charge is 2.41. The first kappa shape index (κ1) is 19.7. The Morgan fingerprint density at radius 3 is 2.52 bits per heavy atom. The van der Waals surface area contributed by atoms with Crippen molar-refractivity contribution in [1.82, 2.24) is 0 Å². The molecule has 29 heavy (non-hydrogen) atoms. The van der Waals surface area contributed by atoms with Crippen molar-refractivity contribution >= 4 is 40.9 Å². The molecular weight excluding hydrogens is 384 g/mol. The highest BCUT2D eigenvalue weighted by atomic mass is 32.1. The Labute approximate surface area is 175 Å². The Hall–Kier alpha value is -2.65. The second kappa shape index (κ2) is 6.43. The van der Waals surface area contributed by atoms with Gasteiger partial charge in [0.15, 0.2) is 4.71 Å². The van der Waals surface area contributed by atoms with Crippen LogP contribution in [-0.2, 0) is 15.6 Å². The predicted molar refractivity (Wildman–Crippen MR) is 116 cm³/mol. The summed E-state index contributed by atoms with van der Waals surface area (Å²) in [5.41, 5.74) is 4.57. The van der Waals surface area contributed by atoms with Crippen molar-refractivity contribution in [2.45, 2.75) is 51.4 Å². The number of carbonyl (C=O) groups is 1. The SMILES string of the molecule is CC1(C)CCN2CCC(C)(C)c3c2c1cc1cc(C=C(C#N)C(=O)O)c(=S)oc31. The maximum Gasteiger partial charge on any atom is 0.346 e. The second-order valence-electron chi connectivity index (χ2n) is 9.29. The van der Waals surface area contributed by atoms with Gasteiger partial charge < -0.3 is 14.4 Å². The minimum Gasteiger partial charge on any atom is -0.477 e. The van der Waals surface area contributed by atoms with E-state index in [1.165, 1.54) is 22.9 Å². The molecule has 6 heteroatoms. The molecule has 0 amide bonds. The molecule has 0 atom stereocenters. The third kappa shape index (κ3) is 3.05. The Bertz CT molecular complexity index is 1180. The van der Waals surface area contributed by atoms with Gasteiger partial charge in [0.25, 0.3) is 0 Å². The summed E-state index contributed by atoms with van der Waals surface area (Å²) in [6.07, 6.45) is 3.40. The van der Waals surface area contributed by atoms with Crippen LogP contribution in [-0.4, -0.2) is 24.2 Å². The van der Waals surface area contributed by atoms with Crippen LogP contribution in [0.5, 0.6) is 0 Å². The molecule has 4 rings (SSSR count). The normalized spacial score (nSPS) is 19.6. The molecule has 1 N–H and O–H groups in total. The predicted octanol–water partition coefficient (Wildman–Crippen LogP) is 5.32. The van der Waals surface area contributed by atoms with Crippen LogP contribution >= 0.6 is 12.2 Å². The second-order valence-corrected chi connectivity index (χ2v) is 9.66. The Morgan fingerprint density at radius 1 is 1.24 bits per heavy atom. The van der Waals surface area contributed by atoms with E-state index in [0.717, 1.165) is 36.9 Å². The fraction of sp³-hybridized carbons (Fsp3) is 0.435. The van der Waals surface area contributed by atoms with Crippen LogP contribution < -0.4 is 4.90 Å². The molecule has 3 heterocycles. The first-order valence-electron chi connectivity index (χ1n) is 9.81. The number of carboxylic acids is 1. The topological polar surface area (TPSA) is 77.5 Å². The van der Waals surface area contributed by atoms with Crippen molar-refractivity contribution in [3.63, 3.8) is 0 Å². The molecular formula is C23H24N2O3S. The van der Waals surface area contributed by atoms with Gasteiger partial charge >= 0.3 is 5.97 Å². The van der Waals surface area contributed by atoms with Crippen LogP contribution in [0.25, 0.3) is 17.0 Å². The van der Waals surface area contributed by atoms with Crippen LogP contribution in [0.15, 0.2) is 22.1 Å². The summed E-state index contributed by atoms with van der Waals surface area (Å²) in [5, 5.41) is 19.2. The van der Waals surface area contributed by atoms with Gasteiger partial charge in [-0.2, -0.15) is 5.26 Å². The number of aliphatic carboxylic acids is 1. The van der Waals surface area contributed by atoms with Gasteiger partial charge in [0.2, 0.25) is 0 Å². The van der Waals surface area contributed by atoms with Gasteiger partial charge in [-0.15, -0.1) is 0 Å². The summed E-state index contributed by atoms with van der Waals surface area (Å²) in [4.78, 5) is 13.7. The average Bonchev–Trinajstić information content (AvgIpc) is 2.63. The summed E-state index contributed by atoms with van der Waals surface area (Å²) < 4.78 is 6.33. The molecule has 0 fully saturated rings. The average molecular weight is 409 g/mol. The van der Waals surface area contributed by atoms with Crippen molar-refractivity contribution in [3.8, 4) is 6.07 Å². The smallest absolute Gasteiger partial charge is 0.346 e. The van der Waals surface area contributed by atoms with Gasteiger partial charge in [0, 0.05) is 35.3 Å². The summed E-state index contributed by atoms with van der Waals surface area (Å²) in [6, 6.07) is 5.72. The standard InChI is InChI=1S/C23H24N2O3S/c1-22(2)5-7-25-8-6-23(3,4)17-18(25)16(22)11-13-9-14(21(29)28-19(13)17)10-15(12-24)20(26)27/h9-11H,5-8H2,1-4H3,(H,26,27). The molecule has 0 unspecified atom stereocenters. The zero-order chi connectivity index (χ0) is 21.1. The Balaban J connectivity index is 2.09. The van der Waals surface area contributed by atoms with E-state index in [9.17, 15) is 9.90 Å². The third-order valence-corrected chi connectivity index (χ3v) is 6.73. The van der Waals surface area contributed by atoms with E-state index >= 15 is 0 Å². The van der Waals surface area contributed by atoms with E-state index in [-0.39, 0.29) is 21.1 Å². The molecule has 5 nitrogen and oxygen atoms in total. The van der Waals surface area contributed by atoms with Gasteiger partial charge in [0.1, 0.15) is 17.2 Å². The monoisotopic (exact) mass is 408 g/mol. The van der Waals surface area contributed by atoms with E-state index in [4.69, 9.17) is 21.9 Å². The summed E-state index contributed by atoms with van der Waals surface area (Å²) >= 11 is 5.43. The molecule has 2 aliphatic heterocycles. The first-order chi connectivity index (χ1) is 13.5. The van der Waals surface area contributed by atoms with Crippen LogP contribution in [0.2, 0.25) is 0 Å². The van der Waals surface area contributed by atoms with E-state index in [1.54, 1.807) is 6.07 Å². The van der Waals surface area contributed by atoms with Crippen molar-refractivity contribution in [2.24, 2.45) is 0 Å². The van der Waals surface area contributed by atoms with E-state index in [1.807, 2.05) is 6.07 Å². The van der Waals surface area contributed by atoms with Gasteiger partial charge in [-0.25, -0.2) is 4.79 Å². The lowest BCUT2D eigenvalue weighted by molar-refractivity contribution is -0.132. The highest BCUT2D eigenvalue weighted by molar-refractivity contribution is 7.71. The molecule has 1 aromatic carbocycles. The minimum atomic E-state index is -1.28. The van der Waals surface area contributed by atoms with E-state index in [2.05, 4.69) is 38.7 Å². The summed E-state index contributed by atoms with van der Waals surface area (Å²) in [5.74, 6) is -1.28. The number of anilines is 1. The maximum absolute atomic E-state index is 11.3. The molecule has 0 saturated heterocycles. The molecule has 150 valence electrons. The van der Waals surface area contributed by atoms with Gasteiger partial charge in [-0.05, 0) is 59.7 Å². The summed E-state index contributed by atoms with van der Waals surface area (Å²) in [7, 11) is 0. The third-order valence-electron chi connectivity index (χ3n) is 6.41. The number of fused-ring (bicyclic) bond motifs is 2. The number of nitriles is 1. The van der Waals surface area contributed by atoms with Crippen LogP contribution in [0, 0.1) is 16.0 Å². The molecule has 0 saturated carbocycles. The molecule has 0 spiro atoms. The lowest BCUT2D eigenvalue weighted by Gasteiger charge is -2.48. The molecule has 0 bridgehead atoms. The van der Waals surface area contributed by atoms with E-state index in [0.29, 0.717) is 5.56 Å². The van der Waals surface area contributed by atoms with Crippen molar-refractivity contribution < 1.29 is 14.3 Å². The van der Waals surface area contributed by atoms with E-state index < -0.39 is 5.97 Å². The molecule has 2 aromatic rings. The van der Waals surface area contributed by atoms with Gasteiger partial charge in [0.05, 0.1) is 0 Å². The van der Waals surface area contributed by atoms with Crippen LogP contribution in [0.1, 0.15) is 57.2 Å². The number of benzene rings is 1. The largest absolute Gasteiger partial charge is 0.477 e. The number of carboxylic acid groups (broad SMARTS) is 1. The quantitative estimate of drug-likeness (QED) is 0.411. The van der Waals surface area contributed by atoms with Gasteiger partial charge in [-0.1, -0.05) is 27.7 Å². The zero-order valence-electron chi connectivity index (χ0n) is 17.1. The Kier molecular flexibility index (Phi) is 4.36. The fourth-order valence-corrected chi connectivity index (χ4v) is 4.77. The number of hydrogen-bond donors (Lipinski definition) is 1. The number of rotatable bonds is 2. The Morgan fingerprint density at radius 2 is 1.90 bits per heavy atom.